The van der Waals surface area contributed by atoms with Gasteiger partial charge in [0.15, 0.2) is 0 Å². The van der Waals surface area contributed by atoms with E-state index in [0.717, 1.165) is 30.2 Å². The molecule has 0 fully saturated rings. The van der Waals surface area contributed by atoms with E-state index < -0.39 is 0 Å². The summed E-state index contributed by atoms with van der Waals surface area (Å²) in [4.78, 5) is 2.18. The Morgan fingerprint density at radius 1 is 1.24 bits per heavy atom. The van der Waals surface area contributed by atoms with Crippen LogP contribution in [0.4, 0.5) is 5.00 Å². The van der Waals surface area contributed by atoms with Crippen molar-refractivity contribution in [3.63, 3.8) is 0 Å². The van der Waals surface area contributed by atoms with Crippen LogP contribution in [-0.2, 0) is 13.1 Å². The first-order chi connectivity index (χ1) is 10.3. The highest BCUT2D eigenvalue weighted by Crippen LogP contribution is 2.20. The van der Waals surface area contributed by atoms with Crippen LogP contribution in [-0.4, -0.2) is 39.3 Å². The maximum absolute atomic E-state index is 9.26. The van der Waals surface area contributed by atoms with E-state index in [0.29, 0.717) is 13.1 Å². The first-order valence-electron chi connectivity index (χ1n) is 7.25. The molecule has 2 aromatic rings. The highest BCUT2D eigenvalue weighted by Gasteiger charge is 2.13. The molecule has 0 saturated heterocycles. The van der Waals surface area contributed by atoms with Gasteiger partial charge in [-0.15, -0.1) is 5.10 Å². The molecular weight excluding hydrogens is 284 g/mol. The fraction of sp³-hybridized carbons (Fsp3) is 0.467. The number of rotatable bonds is 9. The molecule has 0 unspecified atom stereocenters. The molecule has 5 nitrogen and oxygen atoms in total. The molecule has 2 N–H and O–H groups in total. The molecule has 0 radical (unpaired) electrons. The topological polar surface area (TPSA) is 61.3 Å². The van der Waals surface area contributed by atoms with Crippen LogP contribution in [0.2, 0.25) is 0 Å². The minimum absolute atomic E-state index is 0.141. The summed E-state index contributed by atoms with van der Waals surface area (Å²) < 4.78 is 4.04. The second kappa shape index (κ2) is 8.71. The van der Waals surface area contributed by atoms with Crippen molar-refractivity contribution in [3.05, 3.63) is 41.6 Å². The number of nitrogens with zero attached hydrogens (tertiary/aromatic N) is 3. The van der Waals surface area contributed by atoms with E-state index >= 15 is 0 Å². The second-order valence-corrected chi connectivity index (χ2v) is 5.65. The van der Waals surface area contributed by atoms with Gasteiger partial charge in [0.1, 0.15) is 10.7 Å². The molecule has 0 bridgehead atoms. The first-order valence-corrected chi connectivity index (χ1v) is 8.03. The van der Waals surface area contributed by atoms with Crippen LogP contribution in [0.25, 0.3) is 0 Å². The Morgan fingerprint density at radius 2 is 2.05 bits per heavy atom. The molecule has 0 atom stereocenters. The summed E-state index contributed by atoms with van der Waals surface area (Å²) >= 11 is 1.39. The third-order valence-corrected chi connectivity index (χ3v) is 3.86. The number of nitrogens with one attached hydrogen (secondary N) is 1. The maximum atomic E-state index is 9.26. The standard InChI is InChI=1S/C15H22N4OS/c1-2-8-16-15-14(17-18-21-15)12-19(9-10-20)11-13-6-4-3-5-7-13/h3-7,16,20H,2,8-12H2,1H3. The van der Waals surface area contributed by atoms with Gasteiger partial charge in [0.2, 0.25) is 0 Å². The Morgan fingerprint density at radius 3 is 2.76 bits per heavy atom. The van der Waals surface area contributed by atoms with Crippen LogP contribution in [0.1, 0.15) is 24.6 Å². The largest absolute Gasteiger partial charge is 0.395 e. The first kappa shape index (κ1) is 15.9. The van der Waals surface area contributed by atoms with Crippen molar-refractivity contribution in [2.75, 3.05) is 25.0 Å². The minimum atomic E-state index is 0.141. The molecule has 1 aromatic heterocycles. The predicted molar refractivity (Wildman–Crippen MR) is 86.3 cm³/mol. The summed E-state index contributed by atoms with van der Waals surface area (Å²) in [6.07, 6.45) is 1.07. The Kier molecular flexibility index (Phi) is 6.59. The molecule has 114 valence electrons. The van der Waals surface area contributed by atoms with Gasteiger partial charge in [-0.1, -0.05) is 41.7 Å². The van der Waals surface area contributed by atoms with Crippen molar-refractivity contribution in [3.8, 4) is 0 Å². The van der Waals surface area contributed by atoms with E-state index in [-0.39, 0.29) is 6.61 Å². The van der Waals surface area contributed by atoms with Crippen molar-refractivity contribution in [2.24, 2.45) is 0 Å². The summed E-state index contributed by atoms with van der Waals surface area (Å²) in [6, 6.07) is 10.3. The number of aromatic nitrogens is 2. The number of hydrogen-bond acceptors (Lipinski definition) is 6. The van der Waals surface area contributed by atoms with E-state index in [4.69, 9.17) is 0 Å². The third-order valence-electron chi connectivity index (χ3n) is 3.13. The molecule has 6 heteroatoms. The minimum Gasteiger partial charge on any atom is -0.395 e. The van der Waals surface area contributed by atoms with Gasteiger partial charge in [-0.25, -0.2) is 0 Å². The van der Waals surface area contributed by atoms with Crippen LogP contribution >= 0.6 is 11.5 Å². The van der Waals surface area contributed by atoms with E-state index in [9.17, 15) is 5.11 Å². The van der Waals surface area contributed by atoms with Crippen LogP contribution in [0.3, 0.4) is 0 Å². The fourth-order valence-corrected chi connectivity index (χ4v) is 2.69. The molecule has 0 aliphatic heterocycles. The molecule has 0 amide bonds. The van der Waals surface area contributed by atoms with Crippen LogP contribution in [0.5, 0.6) is 0 Å². The van der Waals surface area contributed by atoms with Crippen LogP contribution in [0.15, 0.2) is 30.3 Å². The van der Waals surface area contributed by atoms with Crippen molar-refractivity contribution in [1.29, 1.82) is 0 Å². The summed E-state index contributed by atoms with van der Waals surface area (Å²) in [7, 11) is 0. The van der Waals surface area contributed by atoms with Gasteiger partial charge in [0, 0.05) is 37.7 Å². The van der Waals surface area contributed by atoms with Gasteiger partial charge in [0.05, 0.1) is 6.61 Å². The van der Waals surface area contributed by atoms with Crippen molar-refractivity contribution < 1.29 is 5.11 Å². The number of aliphatic hydroxyl groups excluding tert-OH is 1. The number of aliphatic hydroxyl groups is 1. The van der Waals surface area contributed by atoms with Gasteiger partial charge in [-0.2, -0.15) is 0 Å². The summed E-state index contributed by atoms with van der Waals surface area (Å²) in [5, 5.41) is 17.9. The van der Waals surface area contributed by atoms with Gasteiger partial charge in [0.25, 0.3) is 0 Å². The molecule has 2 rings (SSSR count). The van der Waals surface area contributed by atoms with Crippen molar-refractivity contribution in [1.82, 2.24) is 14.5 Å². The lowest BCUT2D eigenvalue weighted by Gasteiger charge is -2.20. The maximum Gasteiger partial charge on any atom is 0.134 e. The average Bonchev–Trinajstić information content (AvgIpc) is 2.93. The molecule has 0 aliphatic rings. The van der Waals surface area contributed by atoms with Crippen molar-refractivity contribution >= 4 is 16.5 Å². The van der Waals surface area contributed by atoms with Crippen molar-refractivity contribution in [2.45, 2.75) is 26.4 Å². The second-order valence-electron chi connectivity index (χ2n) is 4.90. The zero-order valence-corrected chi connectivity index (χ0v) is 13.1. The van der Waals surface area contributed by atoms with E-state index in [1.54, 1.807) is 0 Å². The zero-order valence-electron chi connectivity index (χ0n) is 12.3. The predicted octanol–water partition coefficient (Wildman–Crippen LogP) is 2.35. The normalized spacial score (nSPS) is 11.0. The Labute approximate surface area is 129 Å². The third kappa shape index (κ3) is 5.08. The Bertz CT molecular complexity index is 517. The zero-order chi connectivity index (χ0) is 14.9. The summed E-state index contributed by atoms with van der Waals surface area (Å²) in [5.41, 5.74) is 2.19. The fourth-order valence-electron chi connectivity index (χ4n) is 2.09. The van der Waals surface area contributed by atoms with Gasteiger partial charge in [-0.05, 0) is 12.0 Å². The Balaban J connectivity index is 2.00. The van der Waals surface area contributed by atoms with Crippen LogP contribution < -0.4 is 5.32 Å². The number of anilines is 1. The van der Waals surface area contributed by atoms with Crippen LogP contribution in [0, 0.1) is 0 Å². The van der Waals surface area contributed by atoms with E-state index in [1.807, 2.05) is 18.2 Å². The average molecular weight is 306 g/mol. The molecule has 1 aromatic carbocycles. The highest BCUT2D eigenvalue weighted by molar-refractivity contribution is 7.10. The SMILES string of the molecule is CCCNc1snnc1CN(CCO)Cc1ccccc1. The number of hydrogen-bond donors (Lipinski definition) is 2. The molecule has 0 spiro atoms. The lowest BCUT2D eigenvalue weighted by Crippen LogP contribution is -2.26. The smallest absolute Gasteiger partial charge is 0.134 e. The summed E-state index contributed by atoms with van der Waals surface area (Å²) in [5.74, 6) is 0. The Hall–Kier alpha value is -1.50. The van der Waals surface area contributed by atoms with Gasteiger partial charge in [-0.3, -0.25) is 4.90 Å². The van der Waals surface area contributed by atoms with Gasteiger partial charge >= 0.3 is 0 Å². The number of benzene rings is 1. The summed E-state index contributed by atoms with van der Waals surface area (Å²) in [6.45, 7) is 5.32. The van der Waals surface area contributed by atoms with E-state index in [1.165, 1.54) is 17.1 Å². The lowest BCUT2D eigenvalue weighted by atomic mass is 10.2. The highest BCUT2D eigenvalue weighted by atomic mass is 32.1. The molecular formula is C15H22N4OS. The molecule has 21 heavy (non-hydrogen) atoms. The lowest BCUT2D eigenvalue weighted by molar-refractivity contribution is 0.183. The van der Waals surface area contributed by atoms with Gasteiger partial charge < -0.3 is 10.4 Å². The monoisotopic (exact) mass is 306 g/mol. The van der Waals surface area contributed by atoms with E-state index in [2.05, 4.69) is 38.9 Å². The molecule has 1 heterocycles. The molecule has 0 aliphatic carbocycles. The quantitative estimate of drug-likeness (QED) is 0.745. The molecule has 0 saturated carbocycles.